The quantitative estimate of drug-likeness (QED) is 0.326. The molecule has 0 unspecified atom stereocenters. The smallest absolute Gasteiger partial charge is 0.257 e. The van der Waals surface area contributed by atoms with Gasteiger partial charge >= 0.3 is 0 Å². The van der Waals surface area contributed by atoms with Crippen molar-refractivity contribution in [2.24, 2.45) is 0 Å². The molecule has 0 bridgehead atoms. The fourth-order valence-electron chi connectivity index (χ4n) is 6.76. The van der Waals surface area contributed by atoms with Crippen molar-refractivity contribution in [3.05, 3.63) is 101 Å². The number of para-hydroxylation sites is 1. The molecule has 42 heavy (non-hydrogen) atoms. The fraction of sp³-hybridized carbons (Fsp3) is 0.444. The molecule has 1 saturated carbocycles. The number of hydrogen-bond donors (Lipinski definition) is 0. The lowest BCUT2D eigenvalue weighted by atomic mass is 9.76. The van der Waals surface area contributed by atoms with Gasteiger partial charge in [-0.25, -0.2) is 4.39 Å². The van der Waals surface area contributed by atoms with E-state index in [0.29, 0.717) is 55.8 Å². The first-order valence-electron chi connectivity index (χ1n) is 15.6. The van der Waals surface area contributed by atoms with Gasteiger partial charge in [-0.05, 0) is 62.8 Å². The lowest BCUT2D eigenvalue weighted by molar-refractivity contribution is -0.140. The van der Waals surface area contributed by atoms with E-state index in [1.54, 1.807) is 12.1 Å². The van der Waals surface area contributed by atoms with Gasteiger partial charge in [0.25, 0.3) is 5.91 Å². The highest BCUT2D eigenvalue weighted by Crippen LogP contribution is 2.44. The van der Waals surface area contributed by atoms with Gasteiger partial charge in [0.1, 0.15) is 18.2 Å². The molecule has 1 heterocycles. The van der Waals surface area contributed by atoms with Gasteiger partial charge in [0.05, 0.1) is 17.0 Å². The van der Waals surface area contributed by atoms with Gasteiger partial charge < -0.3 is 14.5 Å². The van der Waals surface area contributed by atoms with Crippen LogP contribution in [0.4, 0.5) is 4.39 Å². The summed E-state index contributed by atoms with van der Waals surface area (Å²) < 4.78 is 21.8. The van der Waals surface area contributed by atoms with E-state index >= 15 is 4.39 Å². The number of benzene rings is 3. The second kappa shape index (κ2) is 14.0. The fourth-order valence-corrected chi connectivity index (χ4v) is 6.76. The Labute approximate surface area is 249 Å². The van der Waals surface area contributed by atoms with Crippen molar-refractivity contribution < 1.29 is 18.7 Å². The minimum atomic E-state index is -0.874. The number of ether oxygens (including phenoxy) is 1. The zero-order valence-electron chi connectivity index (χ0n) is 24.8. The number of rotatable bonds is 5. The summed E-state index contributed by atoms with van der Waals surface area (Å²) in [7, 11) is 0. The third kappa shape index (κ3) is 6.53. The van der Waals surface area contributed by atoms with Crippen molar-refractivity contribution in [1.82, 2.24) is 9.80 Å². The monoisotopic (exact) mass is 570 g/mol. The molecular formula is C36H43FN2O3. The predicted octanol–water partition coefficient (Wildman–Crippen LogP) is 7.19. The summed E-state index contributed by atoms with van der Waals surface area (Å²) in [5, 5.41) is 0. The summed E-state index contributed by atoms with van der Waals surface area (Å²) in [5.41, 5.74) is 1.30. The van der Waals surface area contributed by atoms with Crippen LogP contribution in [-0.4, -0.2) is 53.9 Å². The SMILES string of the molecule is CCN1CCCCCCN(C(=O)C2(c3ccccc3F)CCCC2)[C@H](Cc2ccccc2)COc2ccccc2C1=O. The topological polar surface area (TPSA) is 49.9 Å². The zero-order chi connectivity index (χ0) is 29.4. The molecule has 0 aromatic heterocycles. The molecule has 0 spiro atoms. The molecule has 0 saturated heterocycles. The Bertz CT molecular complexity index is 1340. The van der Waals surface area contributed by atoms with Crippen LogP contribution in [-0.2, 0) is 16.6 Å². The summed E-state index contributed by atoms with van der Waals surface area (Å²) in [6.45, 7) is 4.18. The van der Waals surface area contributed by atoms with Gasteiger partial charge in [0.15, 0.2) is 0 Å². The van der Waals surface area contributed by atoms with E-state index < -0.39 is 5.41 Å². The third-order valence-electron chi connectivity index (χ3n) is 9.07. The first-order chi connectivity index (χ1) is 20.5. The summed E-state index contributed by atoms with van der Waals surface area (Å²) in [4.78, 5) is 32.3. The molecule has 3 aromatic rings. The zero-order valence-corrected chi connectivity index (χ0v) is 24.8. The number of hydrogen-bond acceptors (Lipinski definition) is 3. The van der Waals surface area contributed by atoms with E-state index in [1.165, 1.54) is 6.07 Å². The standard InChI is InChI=1S/C36H43FN2O3/c1-2-38-24-14-3-4-15-25-39(35(41)36(22-12-13-23-36)31-19-9-10-20-32(31)37)29(26-28-16-6-5-7-17-28)27-42-33-21-11-8-18-30(33)34(38)40/h5-11,16-21,29H,2-4,12-15,22-27H2,1H3/t29-/m1/s1. The van der Waals surface area contributed by atoms with Crippen molar-refractivity contribution in [3.8, 4) is 5.75 Å². The predicted molar refractivity (Wildman–Crippen MR) is 164 cm³/mol. The number of carbonyl (C=O) groups is 2. The number of nitrogens with zero attached hydrogens (tertiary/aromatic N) is 2. The van der Waals surface area contributed by atoms with Gasteiger partial charge in [-0.1, -0.05) is 86.3 Å². The van der Waals surface area contributed by atoms with Crippen LogP contribution in [0.3, 0.4) is 0 Å². The van der Waals surface area contributed by atoms with Crippen LogP contribution in [0.15, 0.2) is 78.9 Å². The van der Waals surface area contributed by atoms with Crippen LogP contribution < -0.4 is 4.74 Å². The van der Waals surface area contributed by atoms with E-state index in [4.69, 9.17) is 4.74 Å². The normalized spacial score (nSPS) is 20.0. The van der Waals surface area contributed by atoms with Crippen molar-refractivity contribution in [3.63, 3.8) is 0 Å². The first-order valence-corrected chi connectivity index (χ1v) is 15.6. The van der Waals surface area contributed by atoms with Gasteiger partial charge in [-0.3, -0.25) is 9.59 Å². The van der Waals surface area contributed by atoms with Crippen molar-refractivity contribution in [2.45, 2.75) is 76.2 Å². The van der Waals surface area contributed by atoms with Crippen molar-refractivity contribution >= 4 is 11.8 Å². The van der Waals surface area contributed by atoms with Crippen LogP contribution in [0.2, 0.25) is 0 Å². The Morgan fingerprint density at radius 1 is 0.857 bits per heavy atom. The molecule has 0 radical (unpaired) electrons. The molecule has 3 aromatic carbocycles. The first kappa shape index (κ1) is 29.8. The van der Waals surface area contributed by atoms with E-state index in [1.807, 2.05) is 65.3 Å². The Morgan fingerprint density at radius 3 is 2.26 bits per heavy atom. The summed E-state index contributed by atoms with van der Waals surface area (Å²) in [5.74, 6) is 0.206. The molecule has 6 heteroatoms. The van der Waals surface area contributed by atoms with E-state index in [-0.39, 0.29) is 30.3 Å². The molecular weight excluding hydrogens is 527 g/mol. The maximum Gasteiger partial charge on any atom is 0.257 e. The number of fused-ring (bicyclic) bond motifs is 1. The lowest BCUT2D eigenvalue weighted by Crippen LogP contribution is -2.53. The lowest BCUT2D eigenvalue weighted by Gasteiger charge is -2.40. The number of halogens is 1. The molecule has 1 atom stereocenters. The Hall–Kier alpha value is -3.67. The van der Waals surface area contributed by atoms with E-state index in [0.717, 1.165) is 44.1 Å². The second-order valence-corrected chi connectivity index (χ2v) is 11.7. The largest absolute Gasteiger partial charge is 0.491 e. The summed E-state index contributed by atoms with van der Waals surface area (Å²) >= 11 is 0. The average molecular weight is 571 g/mol. The second-order valence-electron chi connectivity index (χ2n) is 11.7. The number of amides is 2. The molecule has 5 rings (SSSR count). The molecule has 0 N–H and O–H groups in total. The molecule has 2 amide bonds. The average Bonchev–Trinajstić information content (AvgIpc) is 3.52. The van der Waals surface area contributed by atoms with Crippen molar-refractivity contribution in [2.75, 3.05) is 26.2 Å². The van der Waals surface area contributed by atoms with Gasteiger partial charge in [0.2, 0.25) is 5.91 Å². The molecule has 2 aliphatic rings. The summed E-state index contributed by atoms with van der Waals surface area (Å²) in [6.07, 6.45) is 7.39. The minimum absolute atomic E-state index is 0.00300. The highest BCUT2D eigenvalue weighted by atomic mass is 19.1. The van der Waals surface area contributed by atoms with Gasteiger partial charge in [-0.2, -0.15) is 0 Å². The highest BCUT2D eigenvalue weighted by Gasteiger charge is 2.47. The minimum Gasteiger partial charge on any atom is -0.491 e. The Balaban J connectivity index is 1.54. The van der Waals surface area contributed by atoms with Crippen LogP contribution in [0.5, 0.6) is 5.75 Å². The molecule has 5 nitrogen and oxygen atoms in total. The molecule has 1 fully saturated rings. The highest BCUT2D eigenvalue weighted by molar-refractivity contribution is 5.97. The Morgan fingerprint density at radius 2 is 1.52 bits per heavy atom. The van der Waals surface area contributed by atoms with Crippen molar-refractivity contribution in [1.29, 1.82) is 0 Å². The van der Waals surface area contributed by atoms with Crippen LogP contribution >= 0.6 is 0 Å². The Kier molecular flexibility index (Phi) is 9.93. The maximum atomic E-state index is 15.3. The van der Waals surface area contributed by atoms with Gasteiger partial charge in [0, 0.05) is 25.2 Å². The summed E-state index contributed by atoms with van der Waals surface area (Å²) in [6, 6.07) is 24.1. The number of carbonyl (C=O) groups excluding carboxylic acids is 2. The van der Waals surface area contributed by atoms with E-state index in [2.05, 4.69) is 12.1 Å². The molecule has 1 aliphatic heterocycles. The van der Waals surface area contributed by atoms with Crippen LogP contribution in [0.1, 0.15) is 79.8 Å². The molecule has 1 aliphatic carbocycles. The maximum absolute atomic E-state index is 15.3. The van der Waals surface area contributed by atoms with Crippen LogP contribution in [0.25, 0.3) is 0 Å². The van der Waals surface area contributed by atoms with Gasteiger partial charge in [-0.15, -0.1) is 0 Å². The molecule has 222 valence electrons. The van der Waals surface area contributed by atoms with Crippen LogP contribution in [0, 0.1) is 5.82 Å². The van der Waals surface area contributed by atoms with E-state index in [9.17, 15) is 9.59 Å². The third-order valence-corrected chi connectivity index (χ3v) is 9.07.